The number of ether oxygens (including phenoxy) is 3. The van der Waals surface area contributed by atoms with Gasteiger partial charge in [0.2, 0.25) is 0 Å². The molecule has 0 aromatic carbocycles. The molecule has 6 heteroatoms. The van der Waals surface area contributed by atoms with Crippen molar-refractivity contribution in [3.8, 4) is 0 Å². The quantitative estimate of drug-likeness (QED) is 0.386. The van der Waals surface area contributed by atoms with Crippen LogP contribution in [0.25, 0.3) is 0 Å². The van der Waals surface area contributed by atoms with Crippen LogP contribution < -0.4 is 5.73 Å². The lowest BCUT2D eigenvalue weighted by Crippen LogP contribution is -2.24. The SMILES string of the molecule is CCC(OCCCN)/C(=C/C(=O)OC)C(=O)OC. The molecule has 0 saturated heterocycles. The number of methoxy groups -OCH3 is 2. The summed E-state index contributed by atoms with van der Waals surface area (Å²) in [6, 6.07) is 0. The van der Waals surface area contributed by atoms with Crippen molar-refractivity contribution in [2.75, 3.05) is 27.4 Å². The van der Waals surface area contributed by atoms with E-state index in [0.29, 0.717) is 26.0 Å². The maximum absolute atomic E-state index is 11.6. The second kappa shape index (κ2) is 9.61. The van der Waals surface area contributed by atoms with Gasteiger partial charge in [-0.2, -0.15) is 0 Å². The molecule has 0 aromatic rings. The number of hydrogen-bond acceptors (Lipinski definition) is 6. The van der Waals surface area contributed by atoms with Crippen molar-refractivity contribution < 1.29 is 23.8 Å². The molecule has 0 amide bonds. The van der Waals surface area contributed by atoms with Gasteiger partial charge >= 0.3 is 11.9 Å². The molecule has 0 aliphatic rings. The Morgan fingerprint density at radius 3 is 2.39 bits per heavy atom. The van der Waals surface area contributed by atoms with Gasteiger partial charge in [0.05, 0.1) is 25.9 Å². The molecule has 1 unspecified atom stereocenters. The molecule has 6 nitrogen and oxygen atoms in total. The maximum atomic E-state index is 11.6. The van der Waals surface area contributed by atoms with Gasteiger partial charge in [0.25, 0.3) is 0 Å². The highest BCUT2D eigenvalue weighted by Crippen LogP contribution is 2.13. The van der Waals surface area contributed by atoms with E-state index in [2.05, 4.69) is 9.47 Å². The molecule has 0 aliphatic carbocycles. The van der Waals surface area contributed by atoms with Gasteiger partial charge in [-0.25, -0.2) is 9.59 Å². The fourth-order valence-electron chi connectivity index (χ4n) is 1.32. The van der Waals surface area contributed by atoms with Crippen molar-refractivity contribution in [2.45, 2.75) is 25.9 Å². The van der Waals surface area contributed by atoms with Crippen LogP contribution in [0.1, 0.15) is 19.8 Å². The van der Waals surface area contributed by atoms with Gasteiger partial charge in [-0.05, 0) is 19.4 Å². The summed E-state index contributed by atoms with van der Waals surface area (Å²) in [4.78, 5) is 22.8. The first kappa shape index (κ1) is 16.6. The topological polar surface area (TPSA) is 87.9 Å². The number of carbonyl (C=O) groups excluding carboxylic acids is 2. The van der Waals surface area contributed by atoms with Crippen LogP contribution in [0.5, 0.6) is 0 Å². The minimum absolute atomic E-state index is 0.156. The van der Waals surface area contributed by atoms with Crippen molar-refractivity contribution in [3.63, 3.8) is 0 Å². The van der Waals surface area contributed by atoms with Gasteiger partial charge < -0.3 is 19.9 Å². The van der Waals surface area contributed by atoms with E-state index in [4.69, 9.17) is 10.5 Å². The summed E-state index contributed by atoms with van der Waals surface area (Å²) in [6.07, 6.45) is 1.83. The minimum atomic E-state index is -0.615. The molecule has 2 N–H and O–H groups in total. The van der Waals surface area contributed by atoms with Crippen LogP contribution in [-0.2, 0) is 23.8 Å². The average molecular weight is 259 g/mol. The summed E-state index contributed by atoms with van der Waals surface area (Å²) in [5, 5.41) is 0. The Labute approximate surface area is 107 Å². The molecule has 0 aliphatic heterocycles. The Kier molecular flexibility index (Phi) is 8.86. The van der Waals surface area contributed by atoms with E-state index in [1.54, 1.807) is 0 Å². The lowest BCUT2D eigenvalue weighted by molar-refractivity contribution is -0.140. The average Bonchev–Trinajstić information content (AvgIpc) is 2.40. The van der Waals surface area contributed by atoms with Crippen molar-refractivity contribution >= 4 is 11.9 Å². The van der Waals surface area contributed by atoms with Gasteiger partial charge in [0.1, 0.15) is 0 Å². The van der Waals surface area contributed by atoms with Crippen LogP contribution >= 0.6 is 0 Å². The Balaban J connectivity index is 4.84. The van der Waals surface area contributed by atoms with Crippen molar-refractivity contribution in [3.05, 3.63) is 11.6 Å². The minimum Gasteiger partial charge on any atom is -0.466 e. The first-order valence-corrected chi connectivity index (χ1v) is 5.80. The fourth-order valence-corrected chi connectivity index (χ4v) is 1.32. The lowest BCUT2D eigenvalue weighted by Gasteiger charge is -2.17. The van der Waals surface area contributed by atoms with Crippen LogP contribution in [0.15, 0.2) is 11.6 Å². The molecule has 0 heterocycles. The summed E-state index contributed by atoms with van der Waals surface area (Å²) in [7, 11) is 2.49. The van der Waals surface area contributed by atoms with Gasteiger partial charge in [0.15, 0.2) is 0 Å². The largest absolute Gasteiger partial charge is 0.466 e. The van der Waals surface area contributed by atoms with Crippen molar-refractivity contribution in [2.24, 2.45) is 5.73 Å². The van der Waals surface area contributed by atoms with Crippen molar-refractivity contribution in [1.82, 2.24) is 0 Å². The predicted octanol–water partition coefficient (Wildman–Crippen LogP) is 0.403. The Morgan fingerprint density at radius 1 is 1.28 bits per heavy atom. The number of esters is 2. The lowest BCUT2D eigenvalue weighted by atomic mass is 10.1. The summed E-state index contributed by atoms with van der Waals surface area (Å²) >= 11 is 0. The molecule has 18 heavy (non-hydrogen) atoms. The highest BCUT2D eigenvalue weighted by Gasteiger charge is 2.22. The number of carbonyl (C=O) groups is 2. The highest BCUT2D eigenvalue weighted by molar-refractivity contribution is 5.97. The second-order valence-corrected chi connectivity index (χ2v) is 3.52. The monoisotopic (exact) mass is 259 g/mol. The van der Waals surface area contributed by atoms with Crippen LogP contribution in [0.4, 0.5) is 0 Å². The molecular weight excluding hydrogens is 238 g/mol. The molecule has 0 radical (unpaired) electrons. The van der Waals surface area contributed by atoms with E-state index in [1.807, 2.05) is 6.92 Å². The second-order valence-electron chi connectivity index (χ2n) is 3.52. The first-order chi connectivity index (χ1) is 8.60. The zero-order valence-corrected chi connectivity index (χ0v) is 11.1. The third-order valence-electron chi connectivity index (χ3n) is 2.28. The Hall–Kier alpha value is -1.40. The first-order valence-electron chi connectivity index (χ1n) is 5.80. The van der Waals surface area contributed by atoms with E-state index in [1.165, 1.54) is 14.2 Å². The molecule has 0 saturated carbocycles. The van der Waals surface area contributed by atoms with Gasteiger partial charge in [0, 0.05) is 12.7 Å². The summed E-state index contributed by atoms with van der Waals surface area (Å²) in [5.41, 5.74) is 5.52. The number of nitrogens with two attached hydrogens (primary N) is 1. The molecule has 0 fully saturated rings. The van der Waals surface area contributed by atoms with Crippen molar-refractivity contribution in [1.29, 1.82) is 0 Å². The van der Waals surface area contributed by atoms with E-state index in [0.717, 1.165) is 6.08 Å². The smallest absolute Gasteiger partial charge is 0.336 e. The van der Waals surface area contributed by atoms with E-state index in [-0.39, 0.29) is 5.57 Å². The number of hydrogen-bond donors (Lipinski definition) is 1. The van der Waals surface area contributed by atoms with Gasteiger partial charge in [-0.1, -0.05) is 6.92 Å². The summed E-state index contributed by atoms with van der Waals surface area (Å²) in [6.45, 7) is 2.77. The zero-order valence-electron chi connectivity index (χ0n) is 11.1. The van der Waals surface area contributed by atoms with Gasteiger partial charge in [-0.3, -0.25) is 0 Å². The normalized spacial score (nSPS) is 13.0. The van der Waals surface area contributed by atoms with E-state index >= 15 is 0 Å². The maximum Gasteiger partial charge on any atom is 0.336 e. The summed E-state index contributed by atoms with van der Waals surface area (Å²) < 4.78 is 14.6. The van der Waals surface area contributed by atoms with Gasteiger partial charge in [-0.15, -0.1) is 0 Å². The Morgan fingerprint density at radius 2 is 1.94 bits per heavy atom. The standard InChI is InChI=1S/C12H21NO5/c1-4-10(18-7-5-6-13)9(12(15)17-3)8-11(14)16-2/h8,10H,4-7,13H2,1-3H3/b9-8-. The van der Waals surface area contributed by atoms with E-state index < -0.39 is 18.0 Å². The van der Waals surface area contributed by atoms with Crippen LogP contribution in [0, 0.1) is 0 Å². The highest BCUT2D eigenvalue weighted by atomic mass is 16.5. The van der Waals surface area contributed by atoms with Crippen LogP contribution in [-0.4, -0.2) is 45.4 Å². The van der Waals surface area contributed by atoms with E-state index in [9.17, 15) is 9.59 Å². The zero-order chi connectivity index (χ0) is 14.0. The third-order valence-corrected chi connectivity index (χ3v) is 2.28. The Bertz CT molecular complexity index is 301. The van der Waals surface area contributed by atoms with Crippen LogP contribution in [0.2, 0.25) is 0 Å². The van der Waals surface area contributed by atoms with Crippen LogP contribution in [0.3, 0.4) is 0 Å². The molecular formula is C12H21NO5. The summed E-state index contributed by atoms with van der Waals surface area (Å²) in [5.74, 6) is -1.21. The third kappa shape index (κ3) is 5.79. The number of rotatable bonds is 8. The molecule has 0 bridgehead atoms. The molecule has 1 atom stereocenters. The molecule has 0 aromatic heterocycles. The fraction of sp³-hybridized carbons (Fsp3) is 0.667. The molecule has 104 valence electrons. The molecule has 0 spiro atoms. The predicted molar refractivity (Wildman–Crippen MR) is 65.8 cm³/mol. The molecule has 0 rings (SSSR count).